The summed E-state index contributed by atoms with van der Waals surface area (Å²) in [7, 11) is 1.58. The zero-order valence-corrected chi connectivity index (χ0v) is 21.2. The Kier molecular flexibility index (Phi) is 9.06. The van der Waals surface area contributed by atoms with Crippen molar-refractivity contribution in [1.82, 2.24) is 14.9 Å². The third kappa shape index (κ3) is 8.22. The summed E-state index contributed by atoms with van der Waals surface area (Å²) in [4.78, 5) is 35.0. The number of hydrogen-bond acceptors (Lipinski definition) is 7. The molecule has 10 heteroatoms. The van der Waals surface area contributed by atoms with Crippen LogP contribution in [0.1, 0.15) is 38.4 Å². The van der Waals surface area contributed by atoms with Gasteiger partial charge in [-0.05, 0) is 44.4 Å². The number of amides is 2. The lowest BCUT2D eigenvalue weighted by Crippen LogP contribution is -2.39. The highest BCUT2D eigenvalue weighted by molar-refractivity contribution is 6.32. The van der Waals surface area contributed by atoms with Gasteiger partial charge >= 0.3 is 6.09 Å². The molecule has 0 radical (unpaired) electrons. The molecule has 0 spiro atoms. The second-order valence-corrected chi connectivity index (χ2v) is 9.43. The summed E-state index contributed by atoms with van der Waals surface area (Å²) in [5.74, 6) is 0.534. The molecule has 2 aromatic rings. The Morgan fingerprint density at radius 1 is 1.17 bits per heavy atom. The fraction of sp³-hybridized carbons (Fsp3) is 0.440. The summed E-state index contributed by atoms with van der Waals surface area (Å²) >= 11 is 6.09. The molecule has 35 heavy (non-hydrogen) atoms. The van der Waals surface area contributed by atoms with E-state index in [2.05, 4.69) is 15.3 Å². The first-order valence-corrected chi connectivity index (χ1v) is 11.7. The summed E-state index contributed by atoms with van der Waals surface area (Å²) in [5.41, 5.74) is 2.14. The highest BCUT2D eigenvalue weighted by Gasteiger charge is 2.24. The van der Waals surface area contributed by atoms with Gasteiger partial charge < -0.3 is 24.4 Å². The number of nitrogens with one attached hydrogen (secondary N) is 1. The van der Waals surface area contributed by atoms with Gasteiger partial charge in [0, 0.05) is 32.5 Å². The number of ether oxygens (including phenoxy) is 3. The third-order valence-corrected chi connectivity index (χ3v) is 5.30. The predicted molar refractivity (Wildman–Crippen MR) is 134 cm³/mol. The first-order valence-electron chi connectivity index (χ1n) is 11.3. The first kappa shape index (κ1) is 26.4. The van der Waals surface area contributed by atoms with Gasteiger partial charge in [0.05, 0.1) is 24.9 Å². The van der Waals surface area contributed by atoms with Crippen molar-refractivity contribution in [3.63, 3.8) is 0 Å². The molecule has 2 aromatic heterocycles. The number of carbonyl (C=O) groups excluding carboxylic acids is 2. The Labute approximate surface area is 210 Å². The van der Waals surface area contributed by atoms with Gasteiger partial charge in [-0.25, -0.2) is 9.78 Å². The van der Waals surface area contributed by atoms with Crippen molar-refractivity contribution in [1.29, 1.82) is 0 Å². The summed E-state index contributed by atoms with van der Waals surface area (Å²) in [6, 6.07) is 5.34. The smallest absolute Gasteiger partial charge is 0.410 e. The molecule has 9 nitrogen and oxygen atoms in total. The molecule has 188 valence electrons. The largest absolute Gasteiger partial charge is 0.489 e. The predicted octanol–water partition coefficient (Wildman–Crippen LogP) is 4.36. The van der Waals surface area contributed by atoms with Crippen LogP contribution in [-0.4, -0.2) is 65.9 Å². The lowest BCUT2D eigenvalue weighted by Gasteiger charge is -2.29. The van der Waals surface area contributed by atoms with Crippen molar-refractivity contribution in [3.05, 3.63) is 52.9 Å². The molecule has 0 unspecified atom stereocenters. The number of nitrogens with zero attached hydrogens (tertiary/aromatic N) is 3. The van der Waals surface area contributed by atoms with Crippen LogP contribution in [0.4, 0.5) is 10.6 Å². The minimum Gasteiger partial charge on any atom is -0.489 e. The second kappa shape index (κ2) is 12.0. The molecule has 1 N–H and O–H groups in total. The van der Waals surface area contributed by atoms with E-state index >= 15 is 0 Å². The quantitative estimate of drug-likeness (QED) is 0.535. The van der Waals surface area contributed by atoms with Crippen molar-refractivity contribution < 1.29 is 23.8 Å². The van der Waals surface area contributed by atoms with Gasteiger partial charge in [0.25, 0.3) is 0 Å². The Morgan fingerprint density at radius 3 is 2.60 bits per heavy atom. The average Bonchev–Trinajstić information content (AvgIpc) is 2.81. The van der Waals surface area contributed by atoms with Gasteiger partial charge in [0.15, 0.2) is 0 Å². The molecule has 0 fully saturated rings. The van der Waals surface area contributed by atoms with Crippen LogP contribution < -0.4 is 10.1 Å². The van der Waals surface area contributed by atoms with E-state index in [-0.39, 0.29) is 18.4 Å². The van der Waals surface area contributed by atoms with Crippen LogP contribution in [-0.2, 0) is 20.7 Å². The van der Waals surface area contributed by atoms with E-state index in [1.54, 1.807) is 24.3 Å². The second-order valence-electron chi connectivity index (χ2n) is 9.02. The van der Waals surface area contributed by atoms with Crippen LogP contribution in [0.2, 0.25) is 5.02 Å². The van der Waals surface area contributed by atoms with Crippen LogP contribution in [0, 0.1) is 0 Å². The van der Waals surface area contributed by atoms with Crippen molar-refractivity contribution in [2.45, 2.75) is 39.2 Å². The van der Waals surface area contributed by atoms with E-state index < -0.39 is 5.60 Å². The number of pyridine rings is 2. The van der Waals surface area contributed by atoms with Crippen molar-refractivity contribution >= 4 is 35.0 Å². The topological polar surface area (TPSA) is 103 Å². The Morgan fingerprint density at radius 2 is 1.97 bits per heavy atom. The standard InChI is InChI=1S/C25H31ClN4O5/c1-25(2,3)35-24(32)30-9-7-18(8-10-30)20-6-5-17(15-27-20)13-23(31)29-22-14-21(19(26)16-28-22)34-12-11-33-4/h5-7,14-16H,8-13H2,1-4H3,(H,28,29,31). The van der Waals surface area contributed by atoms with Gasteiger partial charge in [-0.15, -0.1) is 0 Å². The van der Waals surface area contributed by atoms with E-state index in [1.165, 1.54) is 6.20 Å². The molecule has 1 aliphatic heterocycles. The van der Waals surface area contributed by atoms with Crippen LogP contribution in [0.5, 0.6) is 5.75 Å². The van der Waals surface area contributed by atoms with Crippen LogP contribution in [0.15, 0.2) is 36.7 Å². The zero-order chi connectivity index (χ0) is 25.4. The zero-order valence-electron chi connectivity index (χ0n) is 20.5. The summed E-state index contributed by atoms with van der Waals surface area (Å²) < 4.78 is 15.9. The number of methoxy groups -OCH3 is 1. The monoisotopic (exact) mass is 502 g/mol. The van der Waals surface area contributed by atoms with Gasteiger partial charge in [-0.1, -0.05) is 23.7 Å². The van der Waals surface area contributed by atoms with Gasteiger partial charge in [-0.3, -0.25) is 9.78 Å². The Hall–Kier alpha value is -3.17. The van der Waals surface area contributed by atoms with Crippen LogP contribution in [0.25, 0.3) is 5.57 Å². The molecule has 2 amide bonds. The summed E-state index contributed by atoms with van der Waals surface area (Å²) in [6.07, 6.45) is 5.61. The van der Waals surface area contributed by atoms with Crippen molar-refractivity contribution in [3.8, 4) is 5.75 Å². The molecular formula is C25H31ClN4O5. The molecule has 3 rings (SSSR count). The fourth-order valence-electron chi connectivity index (χ4n) is 3.32. The summed E-state index contributed by atoms with van der Waals surface area (Å²) in [6.45, 7) is 7.35. The van der Waals surface area contributed by atoms with Crippen LogP contribution in [0.3, 0.4) is 0 Å². The van der Waals surface area contributed by atoms with Crippen LogP contribution >= 0.6 is 11.6 Å². The van der Waals surface area contributed by atoms with Crippen molar-refractivity contribution in [2.24, 2.45) is 0 Å². The Balaban J connectivity index is 1.54. The van der Waals surface area contributed by atoms with E-state index in [1.807, 2.05) is 39.0 Å². The molecular weight excluding hydrogens is 472 g/mol. The SMILES string of the molecule is COCCOc1cc(NC(=O)Cc2ccc(C3=CCN(C(=O)OC(C)(C)C)CC3)nc2)ncc1Cl. The number of rotatable bonds is 8. The van der Waals surface area contributed by atoms with E-state index in [0.717, 1.165) is 16.8 Å². The fourth-order valence-corrected chi connectivity index (χ4v) is 3.48. The number of halogens is 1. The molecule has 1 aliphatic rings. The van der Waals surface area contributed by atoms with Gasteiger partial charge in [0.2, 0.25) is 5.91 Å². The maximum atomic E-state index is 12.5. The minimum atomic E-state index is -0.519. The van der Waals surface area contributed by atoms with Crippen molar-refractivity contribution in [2.75, 3.05) is 38.7 Å². The Bertz CT molecular complexity index is 1070. The molecule has 0 atom stereocenters. The highest BCUT2D eigenvalue weighted by atomic mass is 35.5. The molecule has 0 saturated carbocycles. The van der Waals surface area contributed by atoms with Gasteiger partial charge in [-0.2, -0.15) is 0 Å². The average molecular weight is 503 g/mol. The van der Waals surface area contributed by atoms with Gasteiger partial charge in [0.1, 0.15) is 28.8 Å². The number of hydrogen-bond donors (Lipinski definition) is 1. The maximum absolute atomic E-state index is 12.5. The molecule has 0 bridgehead atoms. The normalized spacial score (nSPS) is 13.7. The van der Waals surface area contributed by atoms with E-state index in [9.17, 15) is 9.59 Å². The maximum Gasteiger partial charge on any atom is 0.410 e. The number of carbonyl (C=O) groups is 2. The molecule has 3 heterocycles. The van der Waals surface area contributed by atoms with E-state index in [0.29, 0.717) is 49.3 Å². The summed E-state index contributed by atoms with van der Waals surface area (Å²) in [5, 5.41) is 3.10. The molecule has 0 aromatic carbocycles. The minimum absolute atomic E-state index is 0.142. The van der Waals surface area contributed by atoms with E-state index in [4.69, 9.17) is 25.8 Å². The lowest BCUT2D eigenvalue weighted by atomic mass is 10.0. The first-order chi connectivity index (χ1) is 16.6. The highest BCUT2D eigenvalue weighted by Crippen LogP contribution is 2.26. The molecule has 0 saturated heterocycles. The third-order valence-electron chi connectivity index (χ3n) is 5.01. The molecule has 0 aliphatic carbocycles. The number of anilines is 1. The number of aromatic nitrogens is 2. The lowest BCUT2D eigenvalue weighted by molar-refractivity contribution is -0.115.